The topological polar surface area (TPSA) is 104 Å². The quantitative estimate of drug-likeness (QED) is 0.718. The molecular weight excluding hydrogens is 244 g/mol. The molecule has 4 N–H and O–H groups in total. The molecule has 0 aromatic carbocycles. The summed E-state index contributed by atoms with van der Waals surface area (Å²) in [6.45, 7) is 4.62. The lowest BCUT2D eigenvalue weighted by molar-refractivity contribution is 0.257. The molecular formula is C12H18N6O. The first-order chi connectivity index (χ1) is 9.11. The number of fused-ring (bicyclic) bond motifs is 1. The van der Waals surface area contributed by atoms with E-state index in [4.69, 9.17) is 5.73 Å². The number of hydrogen-bond acceptors (Lipinski definition) is 5. The molecule has 7 nitrogen and oxygen atoms in total. The maximum absolute atomic E-state index is 11.9. The van der Waals surface area contributed by atoms with Gasteiger partial charge in [-0.05, 0) is 24.8 Å². The zero-order valence-corrected chi connectivity index (χ0v) is 10.9. The molecule has 0 saturated carbocycles. The van der Waals surface area contributed by atoms with E-state index in [-0.39, 0.29) is 11.0 Å². The van der Waals surface area contributed by atoms with Gasteiger partial charge >= 0.3 is 0 Å². The Morgan fingerprint density at radius 1 is 1.47 bits per heavy atom. The van der Waals surface area contributed by atoms with Gasteiger partial charge in [-0.15, -0.1) is 0 Å². The summed E-state index contributed by atoms with van der Waals surface area (Å²) in [5, 5.41) is 7.07. The minimum atomic E-state index is -0.152. The van der Waals surface area contributed by atoms with E-state index < -0.39 is 0 Å². The van der Waals surface area contributed by atoms with Crippen LogP contribution in [0.5, 0.6) is 0 Å². The van der Waals surface area contributed by atoms with Gasteiger partial charge in [0.25, 0.3) is 5.56 Å². The van der Waals surface area contributed by atoms with Crippen LogP contribution < -0.4 is 16.2 Å². The minimum absolute atomic E-state index is 0.152. The normalized spacial score (nSPS) is 18.9. The van der Waals surface area contributed by atoms with Crippen LogP contribution in [0.4, 0.5) is 5.95 Å². The van der Waals surface area contributed by atoms with Gasteiger partial charge in [-0.1, -0.05) is 6.92 Å². The van der Waals surface area contributed by atoms with Crippen molar-refractivity contribution in [3.8, 4) is 0 Å². The largest absolute Gasteiger partial charge is 0.342 e. The third-order valence-electron chi connectivity index (χ3n) is 4.07. The summed E-state index contributed by atoms with van der Waals surface area (Å²) >= 11 is 0. The number of nitrogens with two attached hydrogens (primary N) is 1. The first-order valence-electron chi connectivity index (χ1n) is 6.50. The second kappa shape index (κ2) is 4.34. The van der Waals surface area contributed by atoms with Gasteiger partial charge in [-0.25, -0.2) is 0 Å². The Kier molecular flexibility index (Phi) is 2.78. The molecule has 3 heterocycles. The Labute approximate surface area is 110 Å². The first-order valence-corrected chi connectivity index (χ1v) is 6.50. The molecule has 0 bridgehead atoms. The van der Waals surface area contributed by atoms with Crippen LogP contribution in [0.3, 0.4) is 0 Å². The van der Waals surface area contributed by atoms with Crippen molar-refractivity contribution in [3.05, 3.63) is 16.6 Å². The van der Waals surface area contributed by atoms with Gasteiger partial charge in [-0.2, -0.15) is 10.1 Å². The standard InChI is InChI=1S/C12H18N6O/c1-12(7-13)2-4-18(5-3-12)11-15-9-8(6-14-17-9)10(19)16-11/h6H,2-5,7,13H2,1H3,(H2,14,15,16,17,19). The van der Waals surface area contributed by atoms with Crippen molar-refractivity contribution < 1.29 is 0 Å². The molecule has 7 heteroatoms. The van der Waals surface area contributed by atoms with Gasteiger partial charge in [0.05, 0.1) is 6.20 Å². The Morgan fingerprint density at radius 3 is 2.89 bits per heavy atom. The minimum Gasteiger partial charge on any atom is -0.342 e. The van der Waals surface area contributed by atoms with Crippen molar-refractivity contribution in [2.45, 2.75) is 19.8 Å². The molecule has 102 valence electrons. The highest BCUT2D eigenvalue weighted by molar-refractivity contribution is 5.73. The van der Waals surface area contributed by atoms with E-state index >= 15 is 0 Å². The van der Waals surface area contributed by atoms with E-state index in [0.29, 0.717) is 23.5 Å². The number of anilines is 1. The number of piperidine rings is 1. The van der Waals surface area contributed by atoms with Crippen LogP contribution in [0.2, 0.25) is 0 Å². The van der Waals surface area contributed by atoms with Crippen molar-refractivity contribution >= 4 is 17.0 Å². The molecule has 2 aromatic heterocycles. The highest BCUT2D eigenvalue weighted by atomic mass is 16.1. The maximum atomic E-state index is 11.9. The number of H-pyrrole nitrogens is 2. The van der Waals surface area contributed by atoms with Crippen LogP contribution in [0.15, 0.2) is 11.0 Å². The Balaban J connectivity index is 1.87. The van der Waals surface area contributed by atoms with Crippen molar-refractivity contribution in [3.63, 3.8) is 0 Å². The van der Waals surface area contributed by atoms with E-state index in [1.807, 2.05) is 0 Å². The molecule has 1 fully saturated rings. The number of nitrogens with zero attached hydrogens (tertiary/aromatic N) is 3. The van der Waals surface area contributed by atoms with Crippen LogP contribution in [0, 0.1) is 5.41 Å². The second-order valence-corrected chi connectivity index (χ2v) is 5.52. The number of rotatable bonds is 2. The number of aromatic nitrogens is 4. The van der Waals surface area contributed by atoms with E-state index in [9.17, 15) is 4.79 Å². The number of hydrogen-bond donors (Lipinski definition) is 3. The molecule has 0 amide bonds. The van der Waals surface area contributed by atoms with Crippen LogP contribution in [0.1, 0.15) is 19.8 Å². The van der Waals surface area contributed by atoms with Gasteiger partial charge in [0.2, 0.25) is 5.95 Å². The van der Waals surface area contributed by atoms with E-state index in [2.05, 4.69) is 32.0 Å². The fourth-order valence-electron chi connectivity index (χ4n) is 2.45. The molecule has 0 radical (unpaired) electrons. The molecule has 0 unspecified atom stereocenters. The molecule has 2 aromatic rings. The summed E-state index contributed by atoms with van der Waals surface area (Å²) in [7, 11) is 0. The van der Waals surface area contributed by atoms with E-state index in [0.717, 1.165) is 25.9 Å². The van der Waals surface area contributed by atoms with Gasteiger partial charge in [0, 0.05) is 13.1 Å². The van der Waals surface area contributed by atoms with Crippen LogP contribution in [0.25, 0.3) is 11.0 Å². The Morgan fingerprint density at radius 2 is 2.21 bits per heavy atom. The molecule has 3 rings (SSSR count). The average molecular weight is 262 g/mol. The number of nitrogens with one attached hydrogen (secondary N) is 2. The summed E-state index contributed by atoms with van der Waals surface area (Å²) in [6.07, 6.45) is 3.51. The molecule has 1 aliphatic rings. The summed E-state index contributed by atoms with van der Waals surface area (Å²) < 4.78 is 0. The Bertz CT molecular complexity index is 637. The van der Waals surface area contributed by atoms with Crippen molar-refractivity contribution in [2.24, 2.45) is 11.1 Å². The molecule has 1 aliphatic heterocycles. The maximum Gasteiger partial charge on any atom is 0.263 e. The van der Waals surface area contributed by atoms with Crippen LogP contribution in [-0.2, 0) is 0 Å². The van der Waals surface area contributed by atoms with Crippen LogP contribution >= 0.6 is 0 Å². The fraction of sp³-hybridized carbons (Fsp3) is 0.583. The fourth-order valence-corrected chi connectivity index (χ4v) is 2.45. The van der Waals surface area contributed by atoms with Gasteiger partial charge in [0.15, 0.2) is 5.65 Å². The van der Waals surface area contributed by atoms with Crippen molar-refractivity contribution in [1.82, 2.24) is 20.2 Å². The number of aromatic amines is 2. The second-order valence-electron chi connectivity index (χ2n) is 5.52. The van der Waals surface area contributed by atoms with Gasteiger partial charge in [-0.3, -0.25) is 14.9 Å². The van der Waals surface area contributed by atoms with Crippen molar-refractivity contribution in [2.75, 3.05) is 24.5 Å². The predicted octanol–water partition coefficient (Wildman–Crippen LogP) is 0.211. The third kappa shape index (κ3) is 2.10. The highest BCUT2D eigenvalue weighted by Crippen LogP contribution is 2.30. The van der Waals surface area contributed by atoms with Crippen molar-refractivity contribution in [1.29, 1.82) is 0 Å². The smallest absolute Gasteiger partial charge is 0.263 e. The van der Waals surface area contributed by atoms with Gasteiger partial charge in [0.1, 0.15) is 5.39 Å². The zero-order valence-electron chi connectivity index (χ0n) is 10.9. The van der Waals surface area contributed by atoms with Gasteiger partial charge < -0.3 is 10.6 Å². The predicted molar refractivity (Wildman–Crippen MR) is 73.1 cm³/mol. The Hall–Kier alpha value is -1.89. The third-order valence-corrected chi connectivity index (χ3v) is 4.07. The van der Waals surface area contributed by atoms with Crippen LogP contribution in [-0.4, -0.2) is 39.8 Å². The summed E-state index contributed by atoms with van der Waals surface area (Å²) in [6, 6.07) is 0. The highest BCUT2D eigenvalue weighted by Gasteiger charge is 2.29. The molecule has 0 spiro atoms. The SMILES string of the molecule is CC1(CN)CCN(c2nc3[nH]ncc3c(=O)[nH]2)CC1. The molecule has 0 aliphatic carbocycles. The molecule has 19 heavy (non-hydrogen) atoms. The summed E-state index contributed by atoms with van der Waals surface area (Å²) in [4.78, 5) is 21.2. The summed E-state index contributed by atoms with van der Waals surface area (Å²) in [5.74, 6) is 0.612. The first kappa shape index (κ1) is 12.2. The zero-order chi connectivity index (χ0) is 13.5. The molecule has 1 saturated heterocycles. The van der Waals surface area contributed by atoms with E-state index in [1.54, 1.807) is 0 Å². The van der Waals surface area contributed by atoms with E-state index in [1.165, 1.54) is 6.20 Å². The lowest BCUT2D eigenvalue weighted by atomic mass is 9.81. The monoisotopic (exact) mass is 262 g/mol. The lowest BCUT2D eigenvalue weighted by Gasteiger charge is -2.38. The average Bonchev–Trinajstić information content (AvgIpc) is 2.88. The molecule has 0 atom stereocenters. The summed E-state index contributed by atoms with van der Waals surface area (Å²) in [5.41, 5.74) is 6.39. The lowest BCUT2D eigenvalue weighted by Crippen LogP contribution is -2.43.